The van der Waals surface area contributed by atoms with Crippen LogP contribution in [0.3, 0.4) is 0 Å². The van der Waals surface area contributed by atoms with E-state index >= 15 is 0 Å². The van der Waals surface area contributed by atoms with Gasteiger partial charge in [0.05, 0.1) is 9.21 Å². The Bertz CT molecular complexity index is 142. The molecule has 0 bridgehead atoms. The van der Waals surface area contributed by atoms with Gasteiger partial charge in [0.1, 0.15) is 0 Å². The molecule has 1 nitrogen and oxygen atoms in total. The Kier molecular flexibility index (Phi) is 1.25. The summed E-state index contributed by atoms with van der Waals surface area (Å²) in [5.41, 5.74) is 5.35. The molecule has 38 valence electrons. The molecule has 0 fully saturated rings. The summed E-state index contributed by atoms with van der Waals surface area (Å²) in [5.74, 6) is 0. The molecule has 1 rings (SSSR count). The lowest BCUT2D eigenvalue weighted by Crippen LogP contribution is -1.72. The van der Waals surface area contributed by atoms with Crippen molar-refractivity contribution in [2.24, 2.45) is 0 Å². The van der Waals surface area contributed by atoms with Gasteiger partial charge in [0.25, 0.3) is 0 Å². The van der Waals surface area contributed by atoms with E-state index in [4.69, 9.17) is 5.73 Å². The molecule has 0 aliphatic rings. The van der Waals surface area contributed by atoms with Gasteiger partial charge in [-0.1, -0.05) is 0 Å². The van der Waals surface area contributed by atoms with E-state index < -0.39 is 0 Å². The number of thiol groups is 1. The average Bonchev–Trinajstić information content (AvgIpc) is 1.87. The number of nitrogens with two attached hydrogens (primary N) is 1. The minimum absolute atomic E-state index is 0.824. The van der Waals surface area contributed by atoms with Crippen LogP contribution in [-0.4, -0.2) is 0 Å². The average molecular weight is 131 g/mol. The number of hydrogen-bond donors (Lipinski definition) is 2. The molecule has 0 aromatic carbocycles. The zero-order chi connectivity index (χ0) is 5.28. The fraction of sp³-hybridized carbons (Fsp3) is 0. The van der Waals surface area contributed by atoms with Crippen molar-refractivity contribution in [1.29, 1.82) is 0 Å². The third kappa shape index (κ3) is 1.11. The van der Waals surface area contributed by atoms with Crippen molar-refractivity contribution in [2.45, 2.75) is 4.21 Å². The molecular weight excluding hydrogens is 126 g/mol. The summed E-state index contributed by atoms with van der Waals surface area (Å²) >= 11 is 5.53. The fourth-order valence-corrected chi connectivity index (χ4v) is 1.25. The van der Waals surface area contributed by atoms with Crippen LogP contribution in [0.5, 0.6) is 0 Å². The quantitative estimate of drug-likeness (QED) is 0.514. The maximum Gasteiger partial charge on any atom is 0.0868 e. The zero-order valence-corrected chi connectivity index (χ0v) is 5.30. The molecule has 1 aromatic rings. The van der Waals surface area contributed by atoms with Crippen LogP contribution in [0.25, 0.3) is 0 Å². The Hall–Kier alpha value is -0.150. The summed E-state index contributed by atoms with van der Waals surface area (Å²) in [4.78, 5) is 0. The van der Waals surface area contributed by atoms with Gasteiger partial charge in [-0.25, -0.2) is 0 Å². The molecule has 1 heterocycles. The number of rotatable bonds is 0. The van der Waals surface area contributed by atoms with Crippen molar-refractivity contribution in [3.63, 3.8) is 0 Å². The topological polar surface area (TPSA) is 26.0 Å². The summed E-state index contributed by atoms with van der Waals surface area (Å²) in [6, 6.07) is 3.72. The van der Waals surface area contributed by atoms with Crippen molar-refractivity contribution >= 4 is 29.0 Å². The Labute approximate surface area is 51.6 Å². The number of nitrogen functional groups attached to an aromatic ring is 1. The van der Waals surface area contributed by atoms with Gasteiger partial charge in [0.15, 0.2) is 0 Å². The van der Waals surface area contributed by atoms with Crippen LogP contribution in [-0.2, 0) is 0 Å². The lowest BCUT2D eigenvalue weighted by Gasteiger charge is -1.72. The van der Waals surface area contributed by atoms with Crippen molar-refractivity contribution < 1.29 is 0 Å². The first-order valence-electron chi connectivity index (χ1n) is 1.83. The maximum absolute atomic E-state index is 5.35. The molecule has 0 amide bonds. The molecule has 7 heavy (non-hydrogen) atoms. The minimum atomic E-state index is 0.824. The van der Waals surface area contributed by atoms with Crippen LogP contribution in [0.1, 0.15) is 0 Å². The van der Waals surface area contributed by atoms with Gasteiger partial charge in [-0.2, -0.15) is 0 Å². The summed E-state index contributed by atoms with van der Waals surface area (Å²) in [5, 5.41) is 0.824. The third-order valence-corrected chi connectivity index (χ3v) is 1.75. The highest BCUT2D eigenvalue weighted by molar-refractivity contribution is 7.83. The second-order valence-electron chi connectivity index (χ2n) is 1.18. The molecule has 0 aliphatic carbocycles. The SMILES string of the molecule is Nc1ccc(S)s1. The van der Waals surface area contributed by atoms with E-state index in [1.807, 2.05) is 12.1 Å². The summed E-state index contributed by atoms with van der Waals surface area (Å²) in [7, 11) is 0. The fourth-order valence-electron chi connectivity index (χ4n) is 0.342. The van der Waals surface area contributed by atoms with Gasteiger partial charge in [0, 0.05) is 0 Å². The standard InChI is InChI=1S/C4H5NS2/c5-3-1-2-4(6)7-3/h1-2,6H,5H2. The van der Waals surface area contributed by atoms with Crippen LogP contribution in [0.4, 0.5) is 5.00 Å². The van der Waals surface area contributed by atoms with E-state index in [-0.39, 0.29) is 0 Å². The van der Waals surface area contributed by atoms with Crippen molar-refractivity contribution in [2.75, 3.05) is 5.73 Å². The van der Waals surface area contributed by atoms with Gasteiger partial charge >= 0.3 is 0 Å². The molecule has 0 atom stereocenters. The van der Waals surface area contributed by atoms with Gasteiger partial charge in [-0.3, -0.25) is 0 Å². The highest BCUT2D eigenvalue weighted by Crippen LogP contribution is 2.20. The van der Waals surface area contributed by atoms with E-state index in [9.17, 15) is 0 Å². The Morgan fingerprint density at radius 3 is 2.43 bits per heavy atom. The first-order valence-corrected chi connectivity index (χ1v) is 3.09. The van der Waals surface area contributed by atoms with Crippen molar-refractivity contribution in [3.8, 4) is 0 Å². The molecule has 0 saturated heterocycles. The first kappa shape index (κ1) is 5.00. The largest absolute Gasteiger partial charge is 0.391 e. The van der Waals surface area contributed by atoms with Crippen LogP contribution >= 0.6 is 24.0 Å². The Morgan fingerprint density at radius 1 is 1.57 bits per heavy atom. The molecular formula is C4H5NS2. The third-order valence-electron chi connectivity index (χ3n) is 0.613. The lowest BCUT2D eigenvalue weighted by atomic mass is 10.6. The number of hydrogen-bond acceptors (Lipinski definition) is 3. The highest BCUT2D eigenvalue weighted by atomic mass is 32.2. The molecule has 3 heteroatoms. The normalized spacial score (nSPS) is 9.29. The Morgan fingerprint density at radius 2 is 2.29 bits per heavy atom. The summed E-state index contributed by atoms with van der Waals surface area (Å²) < 4.78 is 0.970. The maximum atomic E-state index is 5.35. The highest BCUT2D eigenvalue weighted by Gasteiger charge is 1.86. The van der Waals surface area contributed by atoms with E-state index in [1.54, 1.807) is 0 Å². The van der Waals surface area contributed by atoms with Gasteiger partial charge in [-0.05, 0) is 12.1 Å². The van der Waals surface area contributed by atoms with E-state index in [2.05, 4.69) is 12.6 Å². The van der Waals surface area contributed by atoms with Crippen molar-refractivity contribution in [1.82, 2.24) is 0 Å². The van der Waals surface area contributed by atoms with Crippen LogP contribution in [0, 0.1) is 0 Å². The first-order chi connectivity index (χ1) is 3.29. The summed E-state index contributed by atoms with van der Waals surface area (Å²) in [6.45, 7) is 0. The summed E-state index contributed by atoms with van der Waals surface area (Å²) in [6.07, 6.45) is 0. The number of thiophene rings is 1. The van der Waals surface area contributed by atoms with Crippen molar-refractivity contribution in [3.05, 3.63) is 12.1 Å². The predicted octanol–water partition coefficient (Wildman–Crippen LogP) is 1.62. The van der Waals surface area contributed by atoms with Gasteiger partial charge in [0.2, 0.25) is 0 Å². The molecule has 0 spiro atoms. The molecule has 0 saturated carbocycles. The van der Waals surface area contributed by atoms with Crippen LogP contribution in [0.15, 0.2) is 16.3 Å². The minimum Gasteiger partial charge on any atom is -0.391 e. The van der Waals surface area contributed by atoms with Gasteiger partial charge in [-0.15, -0.1) is 24.0 Å². The predicted molar refractivity (Wildman–Crippen MR) is 36.0 cm³/mol. The molecule has 2 N–H and O–H groups in total. The molecule has 0 radical (unpaired) electrons. The number of anilines is 1. The zero-order valence-electron chi connectivity index (χ0n) is 3.59. The monoisotopic (exact) mass is 131 g/mol. The van der Waals surface area contributed by atoms with Crippen LogP contribution in [0.2, 0.25) is 0 Å². The lowest BCUT2D eigenvalue weighted by molar-refractivity contribution is 1.76. The van der Waals surface area contributed by atoms with Gasteiger partial charge < -0.3 is 5.73 Å². The van der Waals surface area contributed by atoms with E-state index in [1.165, 1.54) is 11.3 Å². The second-order valence-corrected chi connectivity index (χ2v) is 3.08. The molecule has 0 unspecified atom stereocenters. The van der Waals surface area contributed by atoms with E-state index in [0.29, 0.717) is 0 Å². The molecule has 0 aliphatic heterocycles. The Balaban J connectivity index is 3.04. The van der Waals surface area contributed by atoms with E-state index in [0.717, 1.165) is 9.21 Å². The molecule has 1 aromatic heterocycles. The second kappa shape index (κ2) is 1.76. The smallest absolute Gasteiger partial charge is 0.0868 e. The van der Waals surface area contributed by atoms with Crippen LogP contribution < -0.4 is 5.73 Å².